The SMILES string of the molecule is CCOc1c[c]cc(CC(C)C)c1. The molecule has 0 aliphatic rings. The van der Waals surface area contributed by atoms with Crippen molar-refractivity contribution in [2.75, 3.05) is 6.61 Å². The van der Waals surface area contributed by atoms with Gasteiger partial charge in [0.1, 0.15) is 5.75 Å². The maximum absolute atomic E-state index is 5.40. The molecule has 0 saturated heterocycles. The van der Waals surface area contributed by atoms with Crippen LogP contribution in [0.25, 0.3) is 0 Å². The van der Waals surface area contributed by atoms with Crippen molar-refractivity contribution < 1.29 is 4.74 Å². The second-order valence-corrected chi connectivity index (χ2v) is 3.61. The second-order valence-electron chi connectivity index (χ2n) is 3.61. The van der Waals surface area contributed by atoms with Crippen molar-refractivity contribution in [3.63, 3.8) is 0 Å². The van der Waals surface area contributed by atoms with Crippen molar-refractivity contribution in [3.05, 3.63) is 29.8 Å². The minimum Gasteiger partial charge on any atom is -0.494 e. The normalized spacial score (nSPS) is 10.5. The van der Waals surface area contributed by atoms with Gasteiger partial charge in [0.25, 0.3) is 0 Å². The van der Waals surface area contributed by atoms with Gasteiger partial charge in [-0.3, -0.25) is 0 Å². The lowest BCUT2D eigenvalue weighted by Gasteiger charge is -2.07. The van der Waals surface area contributed by atoms with Gasteiger partial charge >= 0.3 is 0 Å². The molecule has 71 valence electrons. The van der Waals surface area contributed by atoms with Crippen LogP contribution in [0.2, 0.25) is 0 Å². The molecule has 0 aliphatic heterocycles. The molecule has 0 atom stereocenters. The molecule has 1 radical (unpaired) electrons. The standard InChI is InChI=1S/C12H17O/c1-4-13-12-7-5-6-11(9-12)8-10(2)3/h6-7,9-10H,4,8H2,1-3H3. The largest absolute Gasteiger partial charge is 0.494 e. The molecule has 0 unspecified atom stereocenters. The average Bonchev–Trinajstić information content (AvgIpc) is 2.04. The van der Waals surface area contributed by atoms with Gasteiger partial charge in [-0.05, 0) is 43.0 Å². The fourth-order valence-corrected chi connectivity index (χ4v) is 1.34. The van der Waals surface area contributed by atoms with E-state index in [0.717, 1.165) is 18.8 Å². The van der Waals surface area contributed by atoms with Crippen LogP contribution >= 0.6 is 0 Å². The van der Waals surface area contributed by atoms with Crippen LogP contribution in [0.1, 0.15) is 26.3 Å². The van der Waals surface area contributed by atoms with Crippen LogP contribution in [-0.4, -0.2) is 6.61 Å². The van der Waals surface area contributed by atoms with E-state index >= 15 is 0 Å². The third kappa shape index (κ3) is 3.49. The number of hydrogen-bond acceptors (Lipinski definition) is 1. The fraction of sp³-hybridized carbons (Fsp3) is 0.500. The zero-order valence-electron chi connectivity index (χ0n) is 8.63. The van der Waals surface area contributed by atoms with E-state index in [2.05, 4.69) is 26.0 Å². The molecule has 0 aromatic heterocycles. The number of rotatable bonds is 4. The van der Waals surface area contributed by atoms with Gasteiger partial charge in [-0.2, -0.15) is 0 Å². The third-order valence-electron chi connectivity index (χ3n) is 1.78. The van der Waals surface area contributed by atoms with Crippen molar-refractivity contribution in [1.82, 2.24) is 0 Å². The van der Waals surface area contributed by atoms with Crippen molar-refractivity contribution in [2.24, 2.45) is 5.92 Å². The summed E-state index contributed by atoms with van der Waals surface area (Å²) in [7, 11) is 0. The number of benzene rings is 1. The van der Waals surface area contributed by atoms with Gasteiger partial charge in [-0.25, -0.2) is 0 Å². The molecular formula is C12H17O. The number of hydrogen-bond donors (Lipinski definition) is 0. The van der Waals surface area contributed by atoms with E-state index in [0.29, 0.717) is 5.92 Å². The highest BCUT2D eigenvalue weighted by Gasteiger charge is 1.99. The summed E-state index contributed by atoms with van der Waals surface area (Å²) in [6, 6.07) is 9.10. The lowest BCUT2D eigenvalue weighted by molar-refractivity contribution is 0.339. The topological polar surface area (TPSA) is 9.23 Å². The van der Waals surface area contributed by atoms with Crippen LogP contribution in [-0.2, 0) is 6.42 Å². The highest BCUT2D eigenvalue weighted by molar-refractivity contribution is 5.27. The van der Waals surface area contributed by atoms with Gasteiger partial charge in [-0.15, -0.1) is 0 Å². The molecule has 1 rings (SSSR count). The van der Waals surface area contributed by atoms with Crippen LogP contribution in [0, 0.1) is 12.0 Å². The molecule has 1 aromatic carbocycles. The first kappa shape index (κ1) is 10.1. The Kier molecular flexibility index (Phi) is 3.81. The van der Waals surface area contributed by atoms with E-state index in [9.17, 15) is 0 Å². The monoisotopic (exact) mass is 177 g/mol. The van der Waals surface area contributed by atoms with Gasteiger partial charge in [0.2, 0.25) is 0 Å². The van der Waals surface area contributed by atoms with E-state index < -0.39 is 0 Å². The van der Waals surface area contributed by atoms with Crippen molar-refractivity contribution >= 4 is 0 Å². The molecule has 0 bridgehead atoms. The predicted molar refractivity (Wildman–Crippen MR) is 55.0 cm³/mol. The van der Waals surface area contributed by atoms with Gasteiger partial charge in [0.05, 0.1) is 6.61 Å². The Labute approximate surface area is 80.7 Å². The van der Waals surface area contributed by atoms with Gasteiger partial charge in [-0.1, -0.05) is 19.9 Å². The van der Waals surface area contributed by atoms with Crippen LogP contribution in [0.5, 0.6) is 5.75 Å². The van der Waals surface area contributed by atoms with Crippen LogP contribution < -0.4 is 4.74 Å². The minimum atomic E-state index is 0.685. The molecule has 1 aromatic rings. The molecule has 0 heterocycles. The van der Waals surface area contributed by atoms with Crippen molar-refractivity contribution in [3.8, 4) is 5.75 Å². The van der Waals surface area contributed by atoms with Crippen LogP contribution in [0.4, 0.5) is 0 Å². The smallest absolute Gasteiger partial charge is 0.120 e. The molecule has 0 N–H and O–H groups in total. The predicted octanol–water partition coefficient (Wildman–Crippen LogP) is 3.08. The summed E-state index contributed by atoms with van der Waals surface area (Å²) in [5.41, 5.74) is 1.31. The second kappa shape index (κ2) is 4.90. The minimum absolute atomic E-state index is 0.685. The average molecular weight is 177 g/mol. The van der Waals surface area contributed by atoms with Crippen LogP contribution in [0.3, 0.4) is 0 Å². The van der Waals surface area contributed by atoms with E-state index in [1.165, 1.54) is 5.56 Å². The highest BCUT2D eigenvalue weighted by Crippen LogP contribution is 2.15. The Balaban J connectivity index is 2.67. The van der Waals surface area contributed by atoms with Crippen molar-refractivity contribution in [1.29, 1.82) is 0 Å². The van der Waals surface area contributed by atoms with Gasteiger partial charge in [0, 0.05) is 0 Å². The van der Waals surface area contributed by atoms with E-state index in [4.69, 9.17) is 4.74 Å². The Morgan fingerprint density at radius 1 is 1.38 bits per heavy atom. The molecule has 1 nitrogen and oxygen atoms in total. The number of ether oxygens (including phenoxy) is 1. The molecular weight excluding hydrogens is 160 g/mol. The lowest BCUT2D eigenvalue weighted by Crippen LogP contribution is -1.96. The summed E-state index contributed by atoms with van der Waals surface area (Å²) in [5, 5.41) is 0. The van der Waals surface area contributed by atoms with Crippen LogP contribution in [0.15, 0.2) is 18.2 Å². The van der Waals surface area contributed by atoms with Crippen molar-refractivity contribution in [2.45, 2.75) is 27.2 Å². The summed E-state index contributed by atoms with van der Waals surface area (Å²) < 4.78 is 5.40. The molecule has 0 spiro atoms. The third-order valence-corrected chi connectivity index (χ3v) is 1.78. The highest BCUT2D eigenvalue weighted by atomic mass is 16.5. The van der Waals surface area contributed by atoms with E-state index in [1.54, 1.807) is 0 Å². The van der Waals surface area contributed by atoms with Gasteiger partial charge < -0.3 is 4.74 Å². The maximum Gasteiger partial charge on any atom is 0.120 e. The first-order chi connectivity index (χ1) is 6.22. The summed E-state index contributed by atoms with van der Waals surface area (Å²) in [5.74, 6) is 1.62. The Bertz CT molecular complexity index is 253. The first-order valence-corrected chi connectivity index (χ1v) is 4.85. The molecule has 0 saturated carbocycles. The van der Waals surface area contributed by atoms with Gasteiger partial charge in [0.15, 0.2) is 0 Å². The van der Waals surface area contributed by atoms with E-state index in [1.807, 2.05) is 19.1 Å². The zero-order chi connectivity index (χ0) is 9.68. The summed E-state index contributed by atoms with van der Waals surface area (Å²) >= 11 is 0. The molecule has 13 heavy (non-hydrogen) atoms. The molecule has 0 fully saturated rings. The summed E-state index contributed by atoms with van der Waals surface area (Å²) in [6.07, 6.45) is 1.09. The fourth-order valence-electron chi connectivity index (χ4n) is 1.34. The zero-order valence-corrected chi connectivity index (χ0v) is 8.63. The molecule has 0 aliphatic carbocycles. The molecule has 0 amide bonds. The Morgan fingerprint density at radius 2 is 2.15 bits per heavy atom. The maximum atomic E-state index is 5.40. The first-order valence-electron chi connectivity index (χ1n) is 4.85. The Hall–Kier alpha value is -0.980. The quantitative estimate of drug-likeness (QED) is 0.686. The molecule has 1 heteroatoms. The summed E-state index contributed by atoms with van der Waals surface area (Å²) in [6.45, 7) is 7.15. The lowest BCUT2D eigenvalue weighted by atomic mass is 10.0. The van der Waals surface area contributed by atoms with E-state index in [-0.39, 0.29) is 0 Å². The summed E-state index contributed by atoms with van der Waals surface area (Å²) in [4.78, 5) is 0. The Morgan fingerprint density at radius 3 is 2.77 bits per heavy atom.